The first kappa shape index (κ1) is 18.8. The number of nitro groups is 2. The molecule has 0 fully saturated rings. The molecule has 146 valence electrons. The number of benzene rings is 2. The minimum atomic E-state index is -0.550. The fourth-order valence-corrected chi connectivity index (χ4v) is 2.79. The Morgan fingerprint density at radius 3 is 2.32 bits per heavy atom. The van der Waals surface area contributed by atoms with Gasteiger partial charge in [0.25, 0.3) is 0 Å². The van der Waals surface area contributed by atoms with E-state index in [2.05, 4.69) is 15.6 Å². The first-order valence-corrected chi connectivity index (χ1v) is 7.95. The second kappa shape index (κ2) is 6.98. The molecule has 0 amide bonds. The molecule has 0 bridgehead atoms. The molecule has 2 aromatic carbocycles. The van der Waals surface area contributed by atoms with Gasteiger partial charge in [0.2, 0.25) is 5.52 Å². The van der Waals surface area contributed by atoms with Crippen molar-refractivity contribution in [2.45, 2.75) is 6.92 Å². The van der Waals surface area contributed by atoms with Gasteiger partial charge >= 0.3 is 11.4 Å². The SMILES string of the molecule is COc1cc(Nc2cc(N(C)C)c([N+](=O)[O-])c3nonc23)c(C)cc1[N+](=O)[O-]. The lowest BCUT2D eigenvalue weighted by Gasteiger charge is -2.16. The first-order chi connectivity index (χ1) is 13.2. The third-order valence-electron chi connectivity index (χ3n) is 4.15. The highest BCUT2D eigenvalue weighted by Crippen LogP contribution is 2.40. The summed E-state index contributed by atoms with van der Waals surface area (Å²) in [6.45, 7) is 1.69. The minimum Gasteiger partial charge on any atom is -0.490 e. The lowest BCUT2D eigenvalue weighted by atomic mass is 10.1. The van der Waals surface area contributed by atoms with Gasteiger partial charge in [-0.2, -0.15) is 0 Å². The van der Waals surface area contributed by atoms with Crippen molar-refractivity contribution in [3.63, 3.8) is 0 Å². The molecule has 12 heteroatoms. The zero-order chi connectivity index (χ0) is 20.6. The standard InChI is InChI=1S/C16H16N6O6/c1-8-5-11(21(23)24)13(27-4)7-9(8)17-10-6-12(20(2)3)16(22(25)26)15-14(10)18-28-19-15/h5-7,17H,1-4H3. The lowest BCUT2D eigenvalue weighted by molar-refractivity contribution is -0.385. The van der Waals surface area contributed by atoms with Crippen LogP contribution in [0.25, 0.3) is 11.0 Å². The number of ether oxygens (including phenoxy) is 1. The van der Waals surface area contributed by atoms with E-state index in [0.29, 0.717) is 22.6 Å². The summed E-state index contributed by atoms with van der Waals surface area (Å²) in [5.74, 6) is 0.0716. The second-order valence-corrected chi connectivity index (χ2v) is 6.13. The number of aromatic nitrogens is 2. The summed E-state index contributed by atoms with van der Waals surface area (Å²) >= 11 is 0. The van der Waals surface area contributed by atoms with E-state index < -0.39 is 9.85 Å². The van der Waals surface area contributed by atoms with Crippen molar-refractivity contribution in [2.24, 2.45) is 0 Å². The highest BCUT2D eigenvalue weighted by atomic mass is 16.6. The van der Waals surface area contributed by atoms with Crippen LogP contribution in [0.4, 0.5) is 28.4 Å². The zero-order valence-corrected chi connectivity index (χ0v) is 15.4. The molecule has 1 N–H and O–H groups in total. The molecular formula is C16H16N6O6. The minimum absolute atomic E-state index is 0.00905. The van der Waals surface area contributed by atoms with Gasteiger partial charge in [0, 0.05) is 31.9 Å². The Bertz CT molecular complexity index is 1090. The van der Waals surface area contributed by atoms with Crippen LogP contribution in [0, 0.1) is 27.2 Å². The van der Waals surface area contributed by atoms with E-state index in [4.69, 9.17) is 9.37 Å². The monoisotopic (exact) mass is 388 g/mol. The van der Waals surface area contributed by atoms with E-state index in [1.165, 1.54) is 25.3 Å². The average Bonchev–Trinajstić information content (AvgIpc) is 3.11. The number of methoxy groups -OCH3 is 1. The first-order valence-electron chi connectivity index (χ1n) is 7.95. The van der Waals surface area contributed by atoms with E-state index >= 15 is 0 Å². The van der Waals surface area contributed by atoms with Gasteiger partial charge in [0.15, 0.2) is 11.3 Å². The van der Waals surface area contributed by atoms with E-state index in [0.717, 1.165) is 0 Å². The number of rotatable bonds is 6. The quantitative estimate of drug-likeness (QED) is 0.492. The third-order valence-corrected chi connectivity index (χ3v) is 4.15. The molecule has 12 nitrogen and oxygen atoms in total. The van der Waals surface area contributed by atoms with E-state index in [1.807, 2.05) is 0 Å². The van der Waals surface area contributed by atoms with E-state index in [1.54, 1.807) is 25.9 Å². The van der Waals surface area contributed by atoms with Crippen molar-refractivity contribution in [1.82, 2.24) is 10.3 Å². The highest BCUT2D eigenvalue weighted by molar-refractivity contribution is 6.00. The molecule has 3 aromatic rings. The summed E-state index contributed by atoms with van der Waals surface area (Å²) in [6, 6.07) is 4.39. The van der Waals surface area contributed by atoms with Crippen LogP contribution in [0.3, 0.4) is 0 Å². The van der Waals surface area contributed by atoms with Crippen molar-refractivity contribution in [1.29, 1.82) is 0 Å². The Morgan fingerprint density at radius 2 is 1.75 bits per heavy atom. The van der Waals surface area contributed by atoms with E-state index in [-0.39, 0.29) is 28.2 Å². The number of anilines is 3. The van der Waals surface area contributed by atoms with Crippen LogP contribution in [0.2, 0.25) is 0 Å². The van der Waals surface area contributed by atoms with Gasteiger partial charge in [-0.1, -0.05) is 0 Å². The largest absolute Gasteiger partial charge is 0.490 e. The Morgan fingerprint density at radius 1 is 1.07 bits per heavy atom. The summed E-state index contributed by atoms with van der Waals surface area (Å²) in [5, 5.41) is 33.2. The summed E-state index contributed by atoms with van der Waals surface area (Å²) in [7, 11) is 4.65. The van der Waals surface area contributed by atoms with Gasteiger partial charge in [0.05, 0.1) is 22.6 Å². The van der Waals surface area contributed by atoms with Gasteiger partial charge in [-0.05, 0) is 28.9 Å². The topological polar surface area (TPSA) is 150 Å². The Labute approximate surface area is 157 Å². The van der Waals surface area contributed by atoms with Gasteiger partial charge < -0.3 is 15.0 Å². The zero-order valence-electron chi connectivity index (χ0n) is 15.4. The Balaban J connectivity index is 2.18. The van der Waals surface area contributed by atoms with Crippen LogP contribution in [-0.4, -0.2) is 41.4 Å². The molecule has 0 spiro atoms. The number of fused-ring (bicyclic) bond motifs is 1. The number of hydrogen-bond donors (Lipinski definition) is 1. The van der Waals surface area contributed by atoms with Gasteiger partial charge in [-0.15, -0.1) is 0 Å². The number of nitrogens with one attached hydrogen (secondary N) is 1. The van der Waals surface area contributed by atoms with Crippen LogP contribution >= 0.6 is 0 Å². The van der Waals surface area contributed by atoms with Crippen LogP contribution in [0.5, 0.6) is 5.75 Å². The molecule has 0 atom stereocenters. The second-order valence-electron chi connectivity index (χ2n) is 6.13. The van der Waals surface area contributed by atoms with Crippen molar-refractivity contribution >= 4 is 39.5 Å². The molecule has 0 radical (unpaired) electrons. The van der Waals surface area contributed by atoms with Crippen LogP contribution in [-0.2, 0) is 0 Å². The molecule has 0 unspecified atom stereocenters. The van der Waals surface area contributed by atoms with Crippen molar-refractivity contribution in [2.75, 3.05) is 31.4 Å². The predicted octanol–water partition coefficient (Wildman–Crippen LogP) is 3.17. The molecule has 1 aromatic heterocycles. The summed E-state index contributed by atoms with van der Waals surface area (Å²) in [6.07, 6.45) is 0. The predicted molar refractivity (Wildman–Crippen MR) is 100 cm³/mol. The number of hydrogen-bond acceptors (Lipinski definition) is 10. The van der Waals surface area contributed by atoms with Gasteiger partial charge in [-0.3, -0.25) is 20.2 Å². The molecule has 0 aliphatic heterocycles. The van der Waals surface area contributed by atoms with Gasteiger partial charge in [-0.25, -0.2) is 4.63 Å². The van der Waals surface area contributed by atoms with Crippen molar-refractivity contribution in [3.05, 3.63) is 44.0 Å². The van der Waals surface area contributed by atoms with Crippen molar-refractivity contribution < 1.29 is 19.2 Å². The number of aryl methyl sites for hydroxylation is 1. The molecular weight excluding hydrogens is 372 g/mol. The number of nitrogens with zero attached hydrogens (tertiary/aromatic N) is 5. The molecule has 0 saturated carbocycles. The molecule has 28 heavy (non-hydrogen) atoms. The lowest BCUT2D eigenvalue weighted by Crippen LogP contribution is -2.12. The summed E-state index contributed by atoms with van der Waals surface area (Å²) in [4.78, 5) is 23.2. The maximum Gasteiger partial charge on any atom is 0.323 e. The van der Waals surface area contributed by atoms with E-state index in [9.17, 15) is 20.2 Å². The Kier molecular flexibility index (Phi) is 4.69. The maximum atomic E-state index is 11.5. The van der Waals surface area contributed by atoms with Crippen LogP contribution in [0.15, 0.2) is 22.8 Å². The van der Waals surface area contributed by atoms with Crippen LogP contribution < -0.4 is 15.0 Å². The Hall–Kier alpha value is -3.96. The fourth-order valence-electron chi connectivity index (χ4n) is 2.79. The molecule has 3 rings (SSSR count). The smallest absolute Gasteiger partial charge is 0.323 e. The average molecular weight is 388 g/mol. The molecule has 0 aliphatic rings. The third kappa shape index (κ3) is 3.11. The molecule has 0 aliphatic carbocycles. The van der Waals surface area contributed by atoms with Crippen LogP contribution in [0.1, 0.15) is 5.56 Å². The summed E-state index contributed by atoms with van der Waals surface area (Å²) in [5.41, 5.74) is 1.51. The molecule has 0 saturated heterocycles. The number of nitro benzene ring substituents is 2. The van der Waals surface area contributed by atoms with Gasteiger partial charge in [0.1, 0.15) is 5.69 Å². The maximum absolute atomic E-state index is 11.5. The summed E-state index contributed by atoms with van der Waals surface area (Å²) < 4.78 is 9.82. The fraction of sp³-hybridized carbons (Fsp3) is 0.250. The molecule has 1 heterocycles. The normalized spacial score (nSPS) is 10.7. The van der Waals surface area contributed by atoms with Crippen molar-refractivity contribution in [3.8, 4) is 5.75 Å². The highest BCUT2D eigenvalue weighted by Gasteiger charge is 2.27.